The van der Waals surface area contributed by atoms with E-state index in [0.717, 1.165) is 23.1 Å². The van der Waals surface area contributed by atoms with Crippen molar-refractivity contribution in [3.63, 3.8) is 0 Å². The van der Waals surface area contributed by atoms with Gasteiger partial charge >= 0.3 is 0 Å². The largest absolute Gasteiger partial charge is 0.333 e. The molecule has 0 saturated carbocycles. The first kappa shape index (κ1) is 11.8. The summed E-state index contributed by atoms with van der Waals surface area (Å²) in [5.41, 5.74) is 1.71. The first-order valence-corrected chi connectivity index (χ1v) is 5.57. The Hall–Kier alpha value is -2.66. The van der Waals surface area contributed by atoms with Crippen molar-refractivity contribution in [1.29, 1.82) is 10.5 Å². The highest BCUT2D eigenvalue weighted by molar-refractivity contribution is 6.10. The minimum atomic E-state index is -0.110. The van der Waals surface area contributed by atoms with E-state index in [-0.39, 0.29) is 5.71 Å². The lowest BCUT2D eigenvalue weighted by atomic mass is 10.2. The van der Waals surface area contributed by atoms with Gasteiger partial charge in [-0.2, -0.15) is 10.5 Å². The van der Waals surface area contributed by atoms with Crippen LogP contribution in [0.1, 0.15) is 12.5 Å². The highest BCUT2D eigenvalue weighted by atomic mass is 15.0. The maximum absolute atomic E-state index is 8.59. The zero-order valence-corrected chi connectivity index (χ0v) is 9.96. The number of aliphatic imine (C=N–C) groups is 1. The van der Waals surface area contributed by atoms with Gasteiger partial charge in [0, 0.05) is 24.3 Å². The summed E-state index contributed by atoms with van der Waals surface area (Å²) < 4.78 is 2.05. The average molecular weight is 237 g/mol. The fourth-order valence-corrected chi connectivity index (χ4v) is 1.73. The summed E-state index contributed by atoms with van der Waals surface area (Å²) >= 11 is 0. The summed E-state index contributed by atoms with van der Waals surface area (Å²) in [6, 6.07) is 7.44. The molecule has 2 rings (SSSR count). The molecule has 2 aromatic rings. The SMILES string of the molecule is CCn1ccc2cc(CN=C(C#N)C#N)cnc21. The number of hydrogen-bond donors (Lipinski definition) is 0. The van der Waals surface area contributed by atoms with E-state index in [2.05, 4.69) is 21.5 Å². The van der Waals surface area contributed by atoms with Crippen LogP contribution < -0.4 is 0 Å². The van der Waals surface area contributed by atoms with Crippen molar-refractivity contribution in [2.24, 2.45) is 4.99 Å². The van der Waals surface area contributed by atoms with E-state index in [4.69, 9.17) is 10.5 Å². The van der Waals surface area contributed by atoms with Gasteiger partial charge in [-0.25, -0.2) is 4.98 Å². The number of fused-ring (bicyclic) bond motifs is 1. The van der Waals surface area contributed by atoms with Gasteiger partial charge in [-0.3, -0.25) is 4.99 Å². The fourth-order valence-electron chi connectivity index (χ4n) is 1.73. The highest BCUT2D eigenvalue weighted by Crippen LogP contribution is 2.15. The van der Waals surface area contributed by atoms with Crippen molar-refractivity contribution in [3.05, 3.63) is 30.1 Å². The van der Waals surface area contributed by atoms with Crippen molar-refractivity contribution in [3.8, 4) is 12.1 Å². The van der Waals surface area contributed by atoms with Gasteiger partial charge in [0.15, 0.2) is 0 Å². The van der Waals surface area contributed by atoms with Crippen molar-refractivity contribution < 1.29 is 0 Å². The maximum Gasteiger partial charge on any atom is 0.213 e. The predicted molar refractivity (Wildman–Crippen MR) is 67.8 cm³/mol. The van der Waals surface area contributed by atoms with Crippen molar-refractivity contribution in [2.45, 2.75) is 20.0 Å². The molecular weight excluding hydrogens is 226 g/mol. The summed E-state index contributed by atoms with van der Waals surface area (Å²) in [4.78, 5) is 8.28. The smallest absolute Gasteiger partial charge is 0.213 e. The third-order valence-corrected chi connectivity index (χ3v) is 2.63. The van der Waals surface area contributed by atoms with E-state index in [1.807, 2.05) is 18.3 Å². The Morgan fingerprint density at radius 2 is 2.22 bits per heavy atom. The summed E-state index contributed by atoms with van der Waals surface area (Å²) in [7, 11) is 0. The summed E-state index contributed by atoms with van der Waals surface area (Å²) in [6.07, 6.45) is 3.71. The molecule has 0 bridgehead atoms. The molecule has 2 heterocycles. The quantitative estimate of drug-likeness (QED) is 0.766. The summed E-state index contributed by atoms with van der Waals surface area (Å²) in [5.74, 6) is 0. The number of aromatic nitrogens is 2. The van der Waals surface area contributed by atoms with Crippen molar-refractivity contribution in [1.82, 2.24) is 9.55 Å². The van der Waals surface area contributed by atoms with Crippen LogP contribution in [0.25, 0.3) is 11.0 Å². The molecule has 0 amide bonds. The molecule has 5 nitrogen and oxygen atoms in total. The van der Waals surface area contributed by atoms with Crippen LogP contribution in [0.4, 0.5) is 0 Å². The normalized spacial score (nSPS) is 9.72. The third-order valence-electron chi connectivity index (χ3n) is 2.63. The summed E-state index contributed by atoms with van der Waals surface area (Å²) in [6.45, 7) is 3.24. The van der Waals surface area contributed by atoms with Crippen LogP contribution in [0.2, 0.25) is 0 Å². The molecule has 18 heavy (non-hydrogen) atoms. The lowest BCUT2D eigenvalue weighted by Crippen LogP contribution is -1.95. The van der Waals surface area contributed by atoms with Crippen LogP contribution in [-0.2, 0) is 13.1 Å². The van der Waals surface area contributed by atoms with Crippen molar-refractivity contribution >= 4 is 16.7 Å². The molecule has 0 atom stereocenters. The Bertz CT molecular complexity index is 665. The van der Waals surface area contributed by atoms with Crippen LogP contribution in [-0.4, -0.2) is 15.3 Å². The zero-order valence-electron chi connectivity index (χ0n) is 9.96. The molecule has 2 aromatic heterocycles. The monoisotopic (exact) mass is 237 g/mol. The average Bonchev–Trinajstić information content (AvgIpc) is 2.82. The van der Waals surface area contributed by atoms with Crippen LogP contribution in [0.3, 0.4) is 0 Å². The van der Waals surface area contributed by atoms with Gasteiger partial charge in [0.2, 0.25) is 5.71 Å². The second-order valence-corrected chi connectivity index (χ2v) is 3.75. The van der Waals surface area contributed by atoms with E-state index in [0.29, 0.717) is 6.54 Å². The van der Waals surface area contributed by atoms with E-state index in [1.165, 1.54) is 0 Å². The summed E-state index contributed by atoms with van der Waals surface area (Å²) in [5, 5.41) is 18.2. The molecule has 0 unspecified atom stereocenters. The number of nitrogens with zero attached hydrogens (tertiary/aromatic N) is 5. The van der Waals surface area contributed by atoms with Gasteiger partial charge in [0.25, 0.3) is 0 Å². The molecule has 0 radical (unpaired) electrons. The van der Waals surface area contributed by atoms with Gasteiger partial charge in [-0.1, -0.05) is 0 Å². The third kappa shape index (κ3) is 2.21. The lowest BCUT2D eigenvalue weighted by molar-refractivity contribution is 0.787. The second-order valence-electron chi connectivity index (χ2n) is 3.75. The Kier molecular flexibility index (Phi) is 3.36. The molecule has 0 aliphatic rings. The van der Waals surface area contributed by atoms with Gasteiger partial charge in [0.05, 0.1) is 6.54 Å². The number of hydrogen-bond acceptors (Lipinski definition) is 4. The molecule has 0 aliphatic heterocycles. The molecule has 0 saturated heterocycles. The van der Waals surface area contributed by atoms with Gasteiger partial charge in [-0.15, -0.1) is 0 Å². The van der Waals surface area contributed by atoms with Crippen LogP contribution in [0.5, 0.6) is 0 Å². The molecule has 0 N–H and O–H groups in total. The Labute approximate surface area is 105 Å². The molecule has 5 heteroatoms. The Morgan fingerprint density at radius 1 is 1.44 bits per heavy atom. The van der Waals surface area contributed by atoms with E-state index in [1.54, 1.807) is 18.3 Å². The fraction of sp³-hybridized carbons (Fsp3) is 0.231. The lowest BCUT2D eigenvalue weighted by Gasteiger charge is -2.00. The van der Waals surface area contributed by atoms with Gasteiger partial charge < -0.3 is 4.57 Å². The first-order chi connectivity index (χ1) is 8.78. The minimum Gasteiger partial charge on any atom is -0.333 e. The molecule has 0 aliphatic carbocycles. The molecule has 88 valence electrons. The van der Waals surface area contributed by atoms with Crippen LogP contribution in [0.15, 0.2) is 29.5 Å². The molecule has 0 fully saturated rings. The van der Waals surface area contributed by atoms with E-state index < -0.39 is 0 Å². The van der Waals surface area contributed by atoms with Gasteiger partial charge in [0.1, 0.15) is 17.8 Å². The predicted octanol–water partition coefficient (Wildman–Crippen LogP) is 2.04. The second kappa shape index (κ2) is 5.11. The molecular formula is C13H11N5. The minimum absolute atomic E-state index is 0.110. The van der Waals surface area contributed by atoms with Crippen LogP contribution in [0, 0.1) is 22.7 Å². The molecule has 0 spiro atoms. The zero-order chi connectivity index (χ0) is 13.0. The van der Waals surface area contributed by atoms with Gasteiger partial charge in [-0.05, 0) is 24.6 Å². The van der Waals surface area contributed by atoms with E-state index >= 15 is 0 Å². The number of aryl methyl sites for hydroxylation is 1. The number of rotatable bonds is 3. The topological polar surface area (TPSA) is 77.8 Å². The number of pyridine rings is 1. The van der Waals surface area contributed by atoms with E-state index in [9.17, 15) is 0 Å². The molecule has 0 aromatic carbocycles. The maximum atomic E-state index is 8.59. The highest BCUT2D eigenvalue weighted by Gasteiger charge is 2.02. The Morgan fingerprint density at radius 3 is 2.89 bits per heavy atom. The Balaban J connectivity index is 2.30. The standard InChI is InChI=1S/C13H11N5/c1-2-18-4-3-11-5-10(9-17-13(11)18)8-16-12(6-14)7-15/h3-5,9H,2,8H2,1H3. The van der Waals surface area contributed by atoms with Crippen molar-refractivity contribution in [2.75, 3.05) is 0 Å². The van der Waals surface area contributed by atoms with Crippen LogP contribution >= 0.6 is 0 Å². The number of nitriles is 2. The first-order valence-electron chi connectivity index (χ1n) is 5.57.